The first-order valence-corrected chi connectivity index (χ1v) is 9.63. The van der Waals surface area contributed by atoms with Gasteiger partial charge in [-0.15, -0.1) is 0 Å². The third kappa shape index (κ3) is 3.73. The molecule has 2 aliphatic rings. The van der Waals surface area contributed by atoms with Crippen LogP contribution in [0.5, 0.6) is 0 Å². The Morgan fingerprint density at radius 3 is 2.74 bits per heavy atom. The summed E-state index contributed by atoms with van der Waals surface area (Å²) in [5.74, 6) is -0.136. The van der Waals surface area contributed by atoms with Crippen LogP contribution in [0.3, 0.4) is 0 Å². The number of carbonyl (C=O) groups excluding carboxylic acids is 1. The molecule has 0 bridgehead atoms. The molecule has 1 amide bonds. The lowest BCUT2D eigenvalue weighted by molar-refractivity contribution is 0.0623. The molecule has 3 rings (SSSR count). The third-order valence-corrected chi connectivity index (χ3v) is 5.97. The van der Waals surface area contributed by atoms with Crippen LogP contribution in [0.15, 0.2) is 29.2 Å². The summed E-state index contributed by atoms with van der Waals surface area (Å²) < 4.78 is 27.2. The zero-order valence-electron chi connectivity index (χ0n) is 13.1. The van der Waals surface area contributed by atoms with Crippen molar-refractivity contribution in [3.8, 4) is 0 Å². The predicted molar refractivity (Wildman–Crippen MR) is 87.5 cm³/mol. The minimum atomic E-state index is -3.55. The van der Waals surface area contributed by atoms with E-state index in [0.29, 0.717) is 18.7 Å². The lowest BCUT2D eigenvalue weighted by atomic mass is 10.0. The Labute approximate surface area is 137 Å². The van der Waals surface area contributed by atoms with E-state index in [1.165, 1.54) is 12.1 Å². The van der Waals surface area contributed by atoms with Crippen molar-refractivity contribution >= 4 is 15.9 Å². The van der Waals surface area contributed by atoms with Crippen molar-refractivity contribution in [3.05, 3.63) is 29.8 Å². The summed E-state index contributed by atoms with van der Waals surface area (Å²) >= 11 is 0. The minimum Gasteiger partial charge on any atom is -0.334 e. The van der Waals surface area contributed by atoms with Crippen molar-refractivity contribution in [1.29, 1.82) is 0 Å². The Hall–Kier alpha value is -1.44. The molecule has 3 N–H and O–H groups in total. The number of likely N-dealkylation sites (tertiary alicyclic amines) is 1. The van der Waals surface area contributed by atoms with Gasteiger partial charge in [0.05, 0.1) is 4.90 Å². The number of rotatable bonds is 5. The Kier molecular flexibility index (Phi) is 4.70. The van der Waals surface area contributed by atoms with Crippen LogP contribution in [-0.2, 0) is 10.0 Å². The first kappa shape index (κ1) is 16.4. The average molecular weight is 337 g/mol. The fourth-order valence-electron chi connectivity index (χ4n) is 2.96. The molecule has 1 aromatic carbocycles. The summed E-state index contributed by atoms with van der Waals surface area (Å²) in [5, 5.41) is 0. The molecule has 0 spiro atoms. The molecule has 23 heavy (non-hydrogen) atoms. The van der Waals surface area contributed by atoms with E-state index >= 15 is 0 Å². The molecule has 1 saturated heterocycles. The van der Waals surface area contributed by atoms with Gasteiger partial charge in [-0.2, -0.15) is 0 Å². The Bertz CT molecular complexity index is 686. The van der Waals surface area contributed by atoms with Gasteiger partial charge in [0.2, 0.25) is 10.0 Å². The lowest BCUT2D eigenvalue weighted by Gasteiger charge is -2.35. The molecule has 2 fully saturated rings. The van der Waals surface area contributed by atoms with Crippen LogP contribution in [0, 0.1) is 0 Å². The summed E-state index contributed by atoms with van der Waals surface area (Å²) in [7, 11) is -3.55. The number of amides is 1. The normalized spacial score (nSPS) is 22.1. The maximum Gasteiger partial charge on any atom is 0.254 e. The highest BCUT2D eigenvalue weighted by molar-refractivity contribution is 7.89. The quantitative estimate of drug-likeness (QED) is 0.841. The first-order chi connectivity index (χ1) is 11.0. The van der Waals surface area contributed by atoms with Crippen LogP contribution in [0.1, 0.15) is 42.5 Å². The van der Waals surface area contributed by atoms with E-state index in [2.05, 4.69) is 4.72 Å². The van der Waals surface area contributed by atoms with Crippen LogP contribution in [-0.4, -0.2) is 44.4 Å². The monoisotopic (exact) mass is 337 g/mol. The second kappa shape index (κ2) is 6.59. The largest absolute Gasteiger partial charge is 0.334 e. The Morgan fingerprint density at radius 2 is 2.04 bits per heavy atom. The summed E-state index contributed by atoms with van der Waals surface area (Å²) in [6, 6.07) is 6.37. The highest BCUT2D eigenvalue weighted by Gasteiger charge is 2.30. The van der Waals surface area contributed by atoms with E-state index in [1.807, 2.05) is 0 Å². The lowest BCUT2D eigenvalue weighted by Crippen LogP contribution is -2.47. The third-order valence-electron chi connectivity index (χ3n) is 4.45. The molecule has 1 atom stereocenters. The summed E-state index contributed by atoms with van der Waals surface area (Å²) in [5.41, 5.74) is 6.18. The number of nitrogens with two attached hydrogens (primary N) is 1. The standard InChI is InChI=1S/C16H23N3O3S/c17-11-14-5-1-2-9-19(14)16(20)12-4-3-6-15(10-12)23(21,22)18-13-7-8-13/h3-4,6,10,13-14,18H,1-2,5,7-9,11,17H2. The topological polar surface area (TPSA) is 92.5 Å². The van der Waals surface area contributed by atoms with E-state index in [4.69, 9.17) is 5.73 Å². The molecular weight excluding hydrogens is 314 g/mol. The second-order valence-electron chi connectivity index (χ2n) is 6.31. The molecule has 126 valence electrons. The van der Waals surface area contributed by atoms with Crippen LogP contribution >= 0.6 is 0 Å². The summed E-state index contributed by atoms with van der Waals surface area (Å²) in [4.78, 5) is 14.7. The first-order valence-electron chi connectivity index (χ1n) is 8.15. The van der Waals surface area contributed by atoms with Gasteiger partial charge in [0.1, 0.15) is 0 Å². The molecule has 1 saturated carbocycles. The summed E-state index contributed by atoms with van der Waals surface area (Å²) in [6.45, 7) is 1.12. The van der Waals surface area contributed by atoms with Gasteiger partial charge in [0.25, 0.3) is 5.91 Å². The number of nitrogens with one attached hydrogen (secondary N) is 1. The fraction of sp³-hybridized carbons (Fsp3) is 0.562. The zero-order chi connectivity index (χ0) is 16.4. The molecule has 1 aromatic rings. The number of benzene rings is 1. The van der Waals surface area contributed by atoms with Gasteiger partial charge >= 0.3 is 0 Å². The van der Waals surface area contributed by atoms with E-state index < -0.39 is 10.0 Å². The molecule has 6 nitrogen and oxygen atoms in total. The van der Waals surface area contributed by atoms with Crippen LogP contribution in [0.2, 0.25) is 0 Å². The number of piperidine rings is 1. The minimum absolute atomic E-state index is 0.0427. The smallest absolute Gasteiger partial charge is 0.254 e. The van der Waals surface area contributed by atoms with Gasteiger partial charge in [-0.3, -0.25) is 4.79 Å². The van der Waals surface area contributed by atoms with Crippen molar-refractivity contribution < 1.29 is 13.2 Å². The highest BCUT2D eigenvalue weighted by Crippen LogP contribution is 2.24. The van der Waals surface area contributed by atoms with Gasteiger partial charge in [-0.1, -0.05) is 6.07 Å². The van der Waals surface area contributed by atoms with Crippen molar-refractivity contribution in [3.63, 3.8) is 0 Å². The number of sulfonamides is 1. The van der Waals surface area contributed by atoms with Gasteiger partial charge in [0.15, 0.2) is 0 Å². The van der Waals surface area contributed by atoms with Crippen molar-refractivity contribution in [2.24, 2.45) is 5.73 Å². The van der Waals surface area contributed by atoms with E-state index in [-0.39, 0.29) is 22.9 Å². The highest BCUT2D eigenvalue weighted by atomic mass is 32.2. The number of nitrogens with zero attached hydrogens (tertiary/aromatic N) is 1. The predicted octanol–water partition coefficient (Wildman–Crippen LogP) is 1.08. The molecule has 0 radical (unpaired) electrons. The van der Waals surface area contributed by atoms with Crippen LogP contribution < -0.4 is 10.5 Å². The molecular formula is C16H23N3O3S. The maximum atomic E-state index is 12.7. The van der Waals surface area contributed by atoms with Crippen molar-refractivity contribution in [2.45, 2.75) is 49.1 Å². The Balaban J connectivity index is 1.82. The van der Waals surface area contributed by atoms with Crippen LogP contribution in [0.4, 0.5) is 0 Å². The van der Waals surface area contributed by atoms with Gasteiger partial charge < -0.3 is 10.6 Å². The SMILES string of the molecule is NCC1CCCCN1C(=O)c1cccc(S(=O)(=O)NC2CC2)c1. The summed E-state index contributed by atoms with van der Waals surface area (Å²) in [6.07, 6.45) is 4.70. The maximum absolute atomic E-state index is 12.7. The molecule has 0 aromatic heterocycles. The molecule has 1 aliphatic carbocycles. The second-order valence-corrected chi connectivity index (χ2v) is 8.02. The van der Waals surface area contributed by atoms with Gasteiger partial charge in [-0.05, 0) is 50.3 Å². The number of hydrogen-bond acceptors (Lipinski definition) is 4. The van der Waals surface area contributed by atoms with Gasteiger partial charge in [-0.25, -0.2) is 13.1 Å². The molecule has 7 heteroatoms. The number of carbonyl (C=O) groups is 1. The van der Waals surface area contributed by atoms with E-state index in [1.54, 1.807) is 17.0 Å². The molecule has 1 heterocycles. The molecule has 1 unspecified atom stereocenters. The van der Waals surface area contributed by atoms with Crippen molar-refractivity contribution in [2.75, 3.05) is 13.1 Å². The van der Waals surface area contributed by atoms with Crippen LogP contribution in [0.25, 0.3) is 0 Å². The van der Waals surface area contributed by atoms with E-state index in [0.717, 1.165) is 32.1 Å². The Morgan fingerprint density at radius 1 is 1.26 bits per heavy atom. The van der Waals surface area contributed by atoms with Gasteiger partial charge in [0, 0.05) is 30.7 Å². The van der Waals surface area contributed by atoms with Crippen molar-refractivity contribution in [1.82, 2.24) is 9.62 Å². The fourth-order valence-corrected chi connectivity index (χ4v) is 4.31. The zero-order valence-corrected chi connectivity index (χ0v) is 13.9. The number of hydrogen-bond donors (Lipinski definition) is 2. The van der Waals surface area contributed by atoms with E-state index in [9.17, 15) is 13.2 Å². The molecule has 1 aliphatic heterocycles. The average Bonchev–Trinajstić information content (AvgIpc) is 3.37.